The van der Waals surface area contributed by atoms with Crippen LogP contribution >= 0.6 is 19.3 Å². The van der Waals surface area contributed by atoms with Gasteiger partial charge in [0.1, 0.15) is 0 Å². The Balaban J connectivity index is 2.29. The van der Waals surface area contributed by atoms with Gasteiger partial charge in [-0.25, -0.2) is 4.57 Å². The minimum atomic E-state index is -4.91. The van der Waals surface area contributed by atoms with Crippen LogP contribution < -0.4 is 5.32 Å². The van der Waals surface area contributed by atoms with E-state index in [4.69, 9.17) is 21.4 Å². The second-order valence-corrected chi connectivity index (χ2v) is 5.85. The zero-order chi connectivity index (χ0) is 15.8. The van der Waals surface area contributed by atoms with Gasteiger partial charge in [-0.3, -0.25) is 4.79 Å². The molecular formula is C10H9ClFN4O4P. The second-order valence-electron chi connectivity index (χ2n) is 4.06. The lowest BCUT2D eigenvalue weighted by Gasteiger charge is -2.06. The van der Waals surface area contributed by atoms with E-state index >= 15 is 0 Å². The summed E-state index contributed by atoms with van der Waals surface area (Å²) in [7, 11) is -4.91. The van der Waals surface area contributed by atoms with Gasteiger partial charge in [0.15, 0.2) is 0 Å². The lowest BCUT2D eigenvalue weighted by atomic mass is 10.2. The maximum Gasteiger partial charge on any atom is 0.466 e. The normalized spacial score (nSPS) is 11.5. The van der Waals surface area contributed by atoms with Gasteiger partial charge in [0.05, 0.1) is 10.7 Å². The highest BCUT2D eigenvalue weighted by molar-refractivity contribution is 7.49. The standard InChI is InChI=1S/C10H9ClFN4O4P/c1-5-2-3-7(6(11)4-5)13-10(17)8-9(12)15-16(14-8)21(18,19)20/h2-4H,1H3,(H,13,17)(H2,18,19,20). The van der Waals surface area contributed by atoms with Crippen molar-refractivity contribution in [3.05, 3.63) is 40.4 Å². The summed E-state index contributed by atoms with van der Waals surface area (Å²) in [5.74, 6) is -2.43. The highest BCUT2D eigenvalue weighted by atomic mass is 35.5. The minimum Gasteiger partial charge on any atom is -0.319 e. The van der Waals surface area contributed by atoms with Crippen molar-refractivity contribution in [2.75, 3.05) is 5.32 Å². The van der Waals surface area contributed by atoms with Gasteiger partial charge in [-0.15, -0.1) is 10.2 Å². The number of nitrogens with zero attached hydrogens (tertiary/aromatic N) is 3. The molecular weight excluding hydrogens is 326 g/mol. The molecule has 112 valence electrons. The predicted molar refractivity (Wildman–Crippen MR) is 71.6 cm³/mol. The molecule has 1 amide bonds. The number of rotatable bonds is 3. The van der Waals surface area contributed by atoms with Gasteiger partial charge in [-0.2, -0.15) is 4.39 Å². The lowest BCUT2D eigenvalue weighted by molar-refractivity contribution is 0.101. The molecule has 11 heteroatoms. The summed E-state index contributed by atoms with van der Waals surface area (Å²) in [6.07, 6.45) is 0. The number of carbonyl (C=O) groups excluding carboxylic acids is 1. The molecule has 0 atom stereocenters. The molecule has 2 aromatic rings. The molecule has 21 heavy (non-hydrogen) atoms. The van der Waals surface area contributed by atoms with Crippen LogP contribution in [0.15, 0.2) is 18.2 Å². The molecule has 0 saturated carbocycles. The van der Waals surface area contributed by atoms with E-state index in [2.05, 4.69) is 15.5 Å². The smallest absolute Gasteiger partial charge is 0.319 e. The Hall–Kier alpha value is -1.80. The molecule has 0 radical (unpaired) electrons. The molecule has 0 spiro atoms. The lowest BCUT2D eigenvalue weighted by Crippen LogP contribution is -2.15. The van der Waals surface area contributed by atoms with Gasteiger partial charge in [-0.1, -0.05) is 22.2 Å². The highest BCUT2D eigenvalue weighted by Gasteiger charge is 2.27. The topological polar surface area (TPSA) is 117 Å². The van der Waals surface area contributed by atoms with Gasteiger partial charge >= 0.3 is 7.75 Å². The number of aromatic nitrogens is 3. The van der Waals surface area contributed by atoms with E-state index in [0.29, 0.717) is 0 Å². The van der Waals surface area contributed by atoms with Crippen LogP contribution in [0.2, 0.25) is 5.02 Å². The van der Waals surface area contributed by atoms with E-state index in [1.807, 2.05) is 0 Å². The number of hydrogen-bond donors (Lipinski definition) is 3. The molecule has 1 aromatic carbocycles. The van der Waals surface area contributed by atoms with Crippen molar-refractivity contribution < 1.29 is 23.5 Å². The first-order valence-corrected chi connectivity index (χ1v) is 7.39. The van der Waals surface area contributed by atoms with Crippen molar-refractivity contribution in [2.45, 2.75) is 6.92 Å². The third kappa shape index (κ3) is 3.45. The summed E-state index contributed by atoms with van der Waals surface area (Å²) in [5, 5.41) is 8.51. The number of benzene rings is 1. The summed E-state index contributed by atoms with van der Waals surface area (Å²) in [6, 6.07) is 4.76. The Kier molecular flexibility index (Phi) is 4.11. The predicted octanol–water partition coefficient (Wildman–Crippen LogP) is 1.57. The maximum absolute atomic E-state index is 13.4. The molecule has 8 nitrogen and oxygen atoms in total. The first-order valence-electron chi connectivity index (χ1n) is 5.45. The van der Waals surface area contributed by atoms with E-state index in [9.17, 15) is 13.8 Å². The first kappa shape index (κ1) is 15.6. The van der Waals surface area contributed by atoms with Crippen LogP contribution in [0.4, 0.5) is 10.1 Å². The SMILES string of the molecule is Cc1ccc(NC(=O)c2nn(P(=O)(O)O)nc2F)c(Cl)c1. The summed E-state index contributed by atoms with van der Waals surface area (Å²) < 4.78 is 24.2. The number of carbonyl (C=O) groups is 1. The van der Waals surface area contributed by atoms with E-state index in [1.165, 1.54) is 6.07 Å². The zero-order valence-electron chi connectivity index (χ0n) is 10.5. The van der Waals surface area contributed by atoms with Crippen LogP contribution in [-0.4, -0.2) is 30.5 Å². The van der Waals surface area contributed by atoms with Crippen molar-refractivity contribution in [1.29, 1.82) is 0 Å². The molecule has 0 aliphatic rings. The van der Waals surface area contributed by atoms with Crippen molar-refractivity contribution in [3.8, 4) is 0 Å². The number of hydrogen-bond acceptors (Lipinski definition) is 4. The van der Waals surface area contributed by atoms with Crippen molar-refractivity contribution >= 4 is 30.9 Å². The van der Waals surface area contributed by atoms with Gasteiger partial charge in [0.25, 0.3) is 11.9 Å². The van der Waals surface area contributed by atoms with Crippen molar-refractivity contribution in [2.24, 2.45) is 0 Å². The fraction of sp³-hybridized carbons (Fsp3) is 0.100. The molecule has 2 rings (SSSR count). The number of nitrogens with one attached hydrogen (secondary N) is 1. The van der Waals surface area contributed by atoms with Gasteiger partial charge in [-0.05, 0) is 24.6 Å². The van der Waals surface area contributed by atoms with Crippen molar-refractivity contribution in [3.63, 3.8) is 0 Å². The van der Waals surface area contributed by atoms with Gasteiger partial charge in [0.2, 0.25) is 5.69 Å². The van der Waals surface area contributed by atoms with Crippen molar-refractivity contribution in [1.82, 2.24) is 14.8 Å². The molecule has 0 saturated heterocycles. The van der Waals surface area contributed by atoms with Crippen LogP contribution in [-0.2, 0) is 4.57 Å². The molecule has 0 unspecified atom stereocenters. The van der Waals surface area contributed by atoms with Gasteiger partial charge < -0.3 is 15.1 Å². The zero-order valence-corrected chi connectivity index (χ0v) is 12.1. The van der Waals surface area contributed by atoms with E-state index < -0.39 is 25.3 Å². The molecule has 0 fully saturated rings. The maximum atomic E-state index is 13.4. The minimum absolute atomic E-state index is 0.159. The summed E-state index contributed by atoms with van der Waals surface area (Å²) >= 11 is 5.90. The Morgan fingerprint density at radius 1 is 1.43 bits per heavy atom. The van der Waals surface area contributed by atoms with Crippen LogP contribution in [0.1, 0.15) is 16.1 Å². The third-order valence-corrected chi connectivity index (χ3v) is 3.34. The second kappa shape index (κ2) is 5.53. The average molecular weight is 335 g/mol. The molecule has 1 aromatic heterocycles. The Morgan fingerprint density at radius 3 is 2.62 bits per heavy atom. The Labute approximate surface area is 122 Å². The summed E-state index contributed by atoms with van der Waals surface area (Å²) in [6.45, 7) is 1.79. The van der Waals surface area contributed by atoms with Crippen LogP contribution in [0.5, 0.6) is 0 Å². The van der Waals surface area contributed by atoms with E-state index in [1.54, 1.807) is 19.1 Å². The third-order valence-electron chi connectivity index (χ3n) is 2.38. The van der Waals surface area contributed by atoms with E-state index in [0.717, 1.165) is 5.56 Å². The quantitative estimate of drug-likeness (QED) is 0.733. The number of aryl methyl sites for hydroxylation is 1. The van der Waals surface area contributed by atoms with E-state index in [-0.39, 0.29) is 15.3 Å². The molecule has 0 aliphatic heterocycles. The number of halogens is 2. The van der Waals surface area contributed by atoms with Crippen LogP contribution in [0.3, 0.4) is 0 Å². The van der Waals surface area contributed by atoms with Crippen LogP contribution in [0.25, 0.3) is 0 Å². The monoisotopic (exact) mass is 334 g/mol. The number of amides is 1. The average Bonchev–Trinajstić information content (AvgIpc) is 2.75. The molecule has 0 bridgehead atoms. The largest absolute Gasteiger partial charge is 0.466 e. The Morgan fingerprint density at radius 2 is 2.10 bits per heavy atom. The number of anilines is 1. The first-order chi connectivity index (χ1) is 9.68. The van der Waals surface area contributed by atoms with Crippen LogP contribution in [0, 0.1) is 12.9 Å². The highest BCUT2D eigenvalue weighted by Crippen LogP contribution is 2.34. The molecule has 3 N–H and O–H groups in total. The fourth-order valence-electron chi connectivity index (χ4n) is 1.44. The molecule has 0 aliphatic carbocycles. The van der Waals surface area contributed by atoms with Gasteiger partial charge in [0, 0.05) is 0 Å². The summed E-state index contributed by atoms with van der Waals surface area (Å²) in [4.78, 5) is 29.4. The summed E-state index contributed by atoms with van der Waals surface area (Å²) in [5.41, 5.74) is 0.212. The Bertz CT molecular complexity index is 760. The molecule has 1 heterocycles. The fourth-order valence-corrected chi connectivity index (χ4v) is 2.12.